The van der Waals surface area contributed by atoms with Crippen molar-refractivity contribution in [2.75, 3.05) is 26.2 Å². The number of pyridine rings is 1. The van der Waals surface area contributed by atoms with Crippen LogP contribution in [0.5, 0.6) is 0 Å². The van der Waals surface area contributed by atoms with Crippen molar-refractivity contribution in [3.05, 3.63) is 57.7 Å². The number of aromatic nitrogens is 1. The highest BCUT2D eigenvalue weighted by atomic mass is 16.1. The second kappa shape index (κ2) is 8.35. The number of benzene rings is 2. The molecule has 0 saturated carbocycles. The van der Waals surface area contributed by atoms with Crippen LogP contribution in [0.15, 0.2) is 41.2 Å². The molecule has 0 saturated heterocycles. The van der Waals surface area contributed by atoms with Gasteiger partial charge in [0.05, 0.1) is 11.1 Å². The van der Waals surface area contributed by atoms with E-state index in [4.69, 9.17) is 0 Å². The lowest BCUT2D eigenvalue weighted by atomic mass is 9.99. The lowest BCUT2D eigenvalue weighted by molar-refractivity contribution is 0.0949. The van der Waals surface area contributed by atoms with Crippen molar-refractivity contribution in [2.24, 2.45) is 0 Å². The first-order valence-electron chi connectivity index (χ1n) is 9.67. The highest BCUT2D eigenvalue weighted by molar-refractivity contribution is 6.08. The lowest BCUT2D eigenvalue weighted by Crippen LogP contribution is -2.35. The number of hydrogen-bond donors (Lipinski definition) is 2. The molecule has 5 nitrogen and oxygen atoms in total. The maximum absolute atomic E-state index is 13.0. The molecule has 3 aromatic rings. The van der Waals surface area contributed by atoms with Gasteiger partial charge >= 0.3 is 0 Å². The van der Waals surface area contributed by atoms with Crippen LogP contribution in [0.25, 0.3) is 21.8 Å². The number of para-hydroxylation sites is 1. The summed E-state index contributed by atoms with van der Waals surface area (Å²) in [7, 11) is 0. The quantitative estimate of drug-likeness (QED) is 0.631. The number of hydrogen-bond acceptors (Lipinski definition) is 3. The maximum atomic E-state index is 13.0. The summed E-state index contributed by atoms with van der Waals surface area (Å²) in [6, 6.07) is 11.1. The van der Waals surface area contributed by atoms with Crippen molar-refractivity contribution in [1.82, 2.24) is 15.2 Å². The molecule has 0 aliphatic heterocycles. The largest absolute Gasteiger partial charge is 0.354 e. The van der Waals surface area contributed by atoms with Crippen LogP contribution in [0.3, 0.4) is 0 Å². The van der Waals surface area contributed by atoms with Crippen molar-refractivity contribution >= 4 is 27.7 Å². The average Bonchev–Trinajstić information content (AvgIpc) is 2.70. The Labute approximate surface area is 159 Å². The number of aromatic amines is 1. The van der Waals surface area contributed by atoms with Gasteiger partial charge in [-0.15, -0.1) is 0 Å². The number of amides is 1. The summed E-state index contributed by atoms with van der Waals surface area (Å²) in [6.07, 6.45) is 0.726. The SMILES string of the molecule is CCc1ccc2c(=O)c3ccccc3[nH]c2c1C(=O)NCCN(CC)CC. The second-order valence-corrected chi connectivity index (χ2v) is 6.66. The van der Waals surface area contributed by atoms with Crippen molar-refractivity contribution in [3.8, 4) is 0 Å². The van der Waals surface area contributed by atoms with Gasteiger partial charge in [-0.2, -0.15) is 0 Å². The first kappa shape index (κ1) is 19.1. The van der Waals surface area contributed by atoms with Gasteiger partial charge in [-0.3, -0.25) is 9.59 Å². The Morgan fingerprint density at radius 3 is 2.48 bits per heavy atom. The van der Waals surface area contributed by atoms with Gasteiger partial charge in [0.1, 0.15) is 0 Å². The Balaban J connectivity index is 2.04. The van der Waals surface area contributed by atoms with Gasteiger partial charge in [0, 0.05) is 29.4 Å². The van der Waals surface area contributed by atoms with Crippen LogP contribution in [0.1, 0.15) is 36.7 Å². The summed E-state index contributed by atoms with van der Waals surface area (Å²) in [5.74, 6) is -0.129. The van der Waals surface area contributed by atoms with Gasteiger partial charge in [0.2, 0.25) is 0 Å². The Morgan fingerprint density at radius 2 is 1.78 bits per heavy atom. The zero-order valence-electron chi connectivity index (χ0n) is 16.3. The van der Waals surface area contributed by atoms with Gasteiger partial charge in [-0.05, 0) is 43.3 Å². The number of carbonyl (C=O) groups is 1. The first-order valence-corrected chi connectivity index (χ1v) is 9.67. The molecule has 142 valence electrons. The van der Waals surface area contributed by atoms with Gasteiger partial charge in [0.15, 0.2) is 5.43 Å². The molecular formula is C22H27N3O2. The molecule has 2 aromatic carbocycles. The maximum Gasteiger partial charge on any atom is 0.253 e. The number of rotatable bonds is 7. The number of nitrogens with zero attached hydrogens (tertiary/aromatic N) is 1. The zero-order chi connectivity index (χ0) is 19.4. The average molecular weight is 365 g/mol. The zero-order valence-corrected chi connectivity index (χ0v) is 16.3. The number of fused-ring (bicyclic) bond motifs is 2. The molecule has 27 heavy (non-hydrogen) atoms. The van der Waals surface area contributed by atoms with Crippen molar-refractivity contribution < 1.29 is 4.79 Å². The third-order valence-corrected chi connectivity index (χ3v) is 5.18. The van der Waals surface area contributed by atoms with Crippen LogP contribution < -0.4 is 10.7 Å². The minimum absolute atomic E-state index is 0.0424. The van der Waals surface area contributed by atoms with E-state index < -0.39 is 0 Å². The fourth-order valence-corrected chi connectivity index (χ4v) is 3.54. The van der Waals surface area contributed by atoms with Crippen LogP contribution in [0.4, 0.5) is 0 Å². The smallest absolute Gasteiger partial charge is 0.253 e. The topological polar surface area (TPSA) is 65.2 Å². The van der Waals surface area contributed by atoms with Crippen molar-refractivity contribution in [3.63, 3.8) is 0 Å². The van der Waals surface area contributed by atoms with E-state index in [9.17, 15) is 9.59 Å². The number of nitrogens with one attached hydrogen (secondary N) is 2. The molecule has 0 fully saturated rings. The predicted octanol–water partition coefficient (Wildman–Crippen LogP) is 3.32. The van der Waals surface area contributed by atoms with Gasteiger partial charge in [-0.1, -0.05) is 39.0 Å². The molecule has 0 radical (unpaired) electrons. The van der Waals surface area contributed by atoms with Crippen molar-refractivity contribution in [1.29, 1.82) is 0 Å². The normalized spacial score (nSPS) is 11.4. The summed E-state index contributed by atoms with van der Waals surface area (Å²) < 4.78 is 0. The molecule has 1 heterocycles. The molecule has 5 heteroatoms. The summed E-state index contributed by atoms with van der Waals surface area (Å²) in [5.41, 5.74) is 2.85. The minimum atomic E-state index is -0.129. The highest BCUT2D eigenvalue weighted by Crippen LogP contribution is 2.22. The fourth-order valence-electron chi connectivity index (χ4n) is 3.54. The summed E-state index contributed by atoms with van der Waals surface area (Å²) in [4.78, 5) is 31.5. The number of aryl methyl sites for hydroxylation is 1. The molecule has 2 N–H and O–H groups in total. The molecule has 0 bridgehead atoms. The van der Waals surface area contributed by atoms with Crippen LogP contribution >= 0.6 is 0 Å². The van der Waals surface area contributed by atoms with Crippen LogP contribution in [0, 0.1) is 0 Å². The standard InChI is InChI=1S/C22H27N3O2/c1-4-15-11-12-17-20(24-18-10-8-7-9-16(18)21(17)26)19(15)22(27)23-13-14-25(5-2)6-3/h7-12H,4-6,13-14H2,1-3H3,(H,23,27)(H,24,26). The molecule has 0 atom stereocenters. The Morgan fingerprint density at radius 1 is 1.04 bits per heavy atom. The van der Waals surface area contributed by atoms with Gasteiger partial charge in [0.25, 0.3) is 5.91 Å². The Kier molecular flexibility index (Phi) is 5.91. The van der Waals surface area contributed by atoms with Crippen LogP contribution in [-0.4, -0.2) is 42.0 Å². The minimum Gasteiger partial charge on any atom is -0.354 e. The summed E-state index contributed by atoms with van der Waals surface area (Å²) >= 11 is 0. The van der Waals surface area contributed by atoms with E-state index >= 15 is 0 Å². The van der Waals surface area contributed by atoms with Gasteiger partial charge < -0.3 is 15.2 Å². The van der Waals surface area contributed by atoms with E-state index in [0.717, 1.165) is 37.1 Å². The number of likely N-dealkylation sites (N-methyl/N-ethyl adjacent to an activating group) is 1. The molecule has 0 aliphatic carbocycles. The highest BCUT2D eigenvalue weighted by Gasteiger charge is 2.17. The third-order valence-electron chi connectivity index (χ3n) is 5.18. The summed E-state index contributed by atoms with van der Waals surface area (Å²) in [6.45, 7) is 9.55. The van der Waals surface area contributed by atoms with Crippen LogP contribution in [0.2, 0.25) is 0 Å². The van der Waals surface area contributed by atoms with E-state index in [0.29, 0.717) is 28.4 Å². The van der Waals surface area contributed by atoms with Crippen LogP contribution in [-0.2, 0) is 6.42 Å². The Hall–Kier alpha value is -2.66. The Bertz CT molecular complexity index is 1020. The van der Waals surface area contributed by atoms with E-state index in [1.54, 1.807) is 0 Å². The lowest BCUT2D eigenvalue weighted by Gasteiger charge is -2.18. The fraction of sp³-hybridized carbons (Fsp3) is 0.364. The van der Waals surface area contributed by atoms with E-state index in [1.165, 1.54) is 0 Å². The molecule has 0 spiro atoms. The number of H-pyrrole nitrogens is 1. The van der Waals surface area contributed by atoms with E-state index in [2.05, 4.69) is 29.0 Å². The molecular weight excluding hydrogens is 338 g/mol. The molecule has 3 rings (SSSR count). The molecule has 0 unspecified atom stereocenters. The first-order chi connectivity index (χ1) is 13.1. The third kappa shape index (κ3) is 3.74. The summed E-state index contributed by atoms with van der Waals surface area (Å²) in [5, 5.41) is 4.23. The molecule has 0 aliphatic rings. The number of carbonyl (C=O) groups excluding carboxylic acids is 1. The van der Waals surface area contributed by atoms with Crippen molar-refractivity contribution in [2.45, 2.75) is 27.2 Å². The second-order valence-electron chi connectivity index (χ2n) is 6.66. The molecule has 1 amide bonds. The van der Waals surface area contributed by atoms with Gasteiger partial charge in [-0.25, -0.2) is 0 Å². The predicted molar refractivity (Wildman–Crippen MR) is 112 cm³/mol. The molecule has 1 aromatic heterocycles. The van der Waals surface area contributed by atoms with E-state index in [1.807, 2.05) is 43.3 Å². The van der Waals surface area contributed by atoms with E-state index in [-0.39, 0.29) is 11.3 Å². The monoisotopic (exact) mass is 365 g/mol.